The molecule has 1 aliphatic rings. The van der Waals surface area contributed by atoms with Gasteiger partial charge in [0.1, 0.15) is 0 Å². The van der Waals surface area contributed by atoms with Gasteiger partial charge >= 0.3 is 0 Å². The molecule has 0 bridgehead atoms. The van der Waals surface area contributed by atoms with Gasteiger partial charge in [0.2, 0.25) is 0 Å². The monoisotopic (exact) mass is 216 g/mol. The Morgan fingerprint density at radius 2 is 1.69 bits per heavy atom. The molecule has 1 aliphatic carbocycles. The lowest BCUT2D eigenvalue weighted by molar-refractivity contribution is 0.299. The van der Waals surface area contributed by atoms with E-state index < -0.39 is 0 Å². The molecule has 0 nitrogen and oxygen atoms in total. The SMILES string of the molecule is CCC(c1ccc(C)cc1)C1CCCCC1. The molecule has 0 heteroatoms. The number of aryl methyl sites for hydroxylation is 1. The molecule has 0 amide bonds. The lowest BCUT2D eigenvalue weighted by Crippen LogP contribution is -2.15. The second-order valence-electron chi connectivity index (χ2n) is 5.32. The van der Waals surface area contributed by atoms with E-state index in [1.807, 2.05) is 0 Å². The van der Waals surface area contributed by atoms with E-state index in [9.17, 15) is 0 Å². The zero-order valence-corrected chi connectivity index (χ0v) is 10.7. The molecular formula is C16H24. The molecule has 0 spiro atoms. The van der Waals surface area contributed by atoms with Crippen LogP contribution in [0.4, 0.5) is 0 Å². The molecule has 1 atom stereocenters. The highest BCUT2D eigenvalue weighted by Crippen LogP contribution is 2.37. The smallest absolute Gasteiger partial charge is 0.0136 e. The molecule has 0 heterocycles. The topological polar surface area (TPSA) is 0 Å². The normalized spacial score (nSPS) is 19.6. The first kappa shape index (κ1) is 11.7. The summed E-state index contributed by atoms with van der Waals surface area (Å²) in [5.74, 6) is 1.75. The molecule has 1 aromatic carbocycles. The van der Waals surface area contributed by atoms with Gasteiger partial charge in [0, 0.05) is 0 Å². The average Bonchev–Trinajstić information content (AvgIpc) is 2.34. The summed E-state index contributed by atoms with van der Waals surface area (Å²) in [6.45, 7) is 4.52. The van der Waals surface area contributed by atoms with Crippen LogP contribution in [0.1, 0.15) is 62.5 Å². The quantitative estimate of drug-likeness (QED) is 0.662. The summed E-state index contributed by atoms with van der Waals surface area (Å²) in [6.07, 6.45) is 8.56. The van der Waals surface area contributed by atoms with Gasteiger partial charge < -0.3 is 0 Å². The summed E-state index contributed by atoms with van der Waals surface area (Å²) in [5, 5.41) is 0. The lowest BCUT2D eigenvalue weighted by Gasteiger charge is -2.30. The maximum absolute atomic E-state index is 2.35. The molecule has 0 aromatic heterocycles. The number of hydrogen-bond acceptors (Lipinski definition) is 0. The van der Waals surface area contributed by atoms with Gasteiger partial charge in [-0.1, -0.05) is 56.0 Å². The standard InChI is InChI=1S/C16H24/c1-3-16(14-7-5-4-6-8-14)15-11-9-13(2)10-12-15/h9-12,14,16H,3-8H2,1-2H3. The molecule has 88 valence electrons. The molecule has 2 rings (SSSR count). The largest absolute Gasteiger partial charge is 0.0648 e. The third kappa shape index (κ3) is 2.66. The van der Waals surface area contributed by atoms with E-state index in [1.54, 1.807) is 5.56 Å². The fourth-order valence-corrected chi connectivity index (χ4v) is 3.19. The Hall–Kier alpha value is -0.780. The van der Waals surface area contributed by atoms with E-state index in [-0.39, 0.29) is 0 Å². The van der Waals surface area contributed by atoms with Crippen LogP contribution in [0.2, 0.25) is 0 Å². The predicted octanol–water partition coefficient (Wildman–Crippen LogP) is 5.07. The average molecular weight is 216 g/mol. The van der Waals surface area contributed by atoms with Crippen LogP contribution in [0.5, 0.6) is 0 Å². The Labute approximate surface area is 100 Å². The van der Waals surface area contributed by atoms with Crippen molar-refractivity contribution in [2.24, 2.45) is 5.92 Å². The van der Waals surface area contributed by atoms with E-state index in [2.05, 4.69) is 38.1 Å². The first-order chi connectivity index (χ1) is 7.81. The molecule has 0 radical (unpaired) electrons. The highest BCUT2D eigenvalue weighted by atomic mass is 14.3. The van der Waals surface area contributed by atoms with E-state index in [0.29, 0.717) is 0 Å². The lowest BCUT2D eigenvalue weighted by atomic mass is 9.75. The van der Waals surface area contributed by atoms with Crippen molar-refractivity contribution in [2.75, 3.05) is 0 Å². The van der Waals surface area contributed by atoms with Crippen LogP contribution in [-0.2, 0) is 0 Å². The van der Waals surface area contributed by atoms with Crippen molar-refractivity contribution in [3.05, 3.63) is 35.4 Å². The Kier molecular flexibility index (Phi) is 4.04. The first-order valence-electron chi connectivity index (χ1n) is 6.88. The second-order valence-corrected chi connectivity index (χ2v) is 5.32. The molecule has 1 fully saturated rings. The van der Waals surface area contributed by atoms with Crippen molar-refractivity contribution in [1.82, 2.24) is 0 Å². The van der Waals surface area contributed by atoms with Gasteiger partial charge in [-0.15, -0.1) is 0 Å². The van der Waals surface area contributed by atoms with E-state index in [4.69, 9.17) is 0 Å². The van der Waals surface area contributed by atoms with Crippen molar-refractivity contribution in [2.45, 2.75) is 58.3 Å². The van der Waals surface area contributed by atoms with Crippen LogP contribution < -0.4 is 0 Å². The van der Waals surface area contributed by atoms with Crippen LogP contribution in [0, 0.1) is 12.8 Å². The van der Waals surface area contributed by atoms with Gasteiger partial charge in [-0.05, 0) is 43.6 Å². The van der Waals surface area contributed by atoms with Crippen LogP contribution in [0.25, 0.3) is 0 Å². The zero-order valence-electron chi connectivity index (χ0n) is 10.7. The van der Waals surface area contributed by atoms with Crippen molar-refractivity contribution < 1.29 is 0 Å². The molecule has 16 heavy (non-hydrogen) atoms. The van der Waals surface area contributed by atoms with E-state index in [0.717, 1.165) is 11.8 Å². The van der Waals surface area contributed by atoms with E-state index in [1.165, 1.54) is 44.1 Å². The zero-order chi connectivity index (χ0) is 11.4. The summed E-state index contributed by atoms with van der Waals surface area (Å²) < 4.78 is 0. The van der Waals surface area contributed by atoms with Crippen molar-refractivity contribution >= 4 is 0 Å². The van der Waals surface area contributed by atoms with Gasteiger partial charge in [-0.2, -0.15) is 0 Å². The first-order valence-corrected chi connectivity index (χ1v) is 6.88. The Bertz CT molecular complexity index is 303. The summed E-state index contributed by atoms with van der Waals surface area (Å²) in [6, 6.07) is 9.22. The summed E-state index contributed by atoms with van der Waals surface area (Å²) in [7, 11) is 0. The predicted molar refractivity (Wildman–Crippen MR) is 70.8 cm³/mol. The van der Waals surface area contributed by atoms with Crippen molar-refractivity contribution in [3.8, 4) is 0 Å². The number of rotatable bonds is 3. The van der Waals surface area contributed by atoms with Gasteiger partial charge in [0.05, 0.1) is 0 Å². The minimum atomic E-state index is 0.806. The van der Waals surface area contributed by atoms with Crippen LogP contribution in [0.15, 0.2) is 24.3 Å². The highest BCUT2D eigenvalue weighted by Gasteiger charge is 2.23. The molecule has 1 aromatic rings. The fraction of sp³-hybridized carbons (Fsp3) is 0.625. The van der Waals surface area contributed by atoms with Crippen LogP contribution in [0.3, 0.4) is 0 Å². The highest BCUT2D eigenvalue weighted by molar-refractivity contribution is 5.25. The summed E-state index contributed by atoms with van der Waals surface area (Å²) in [4.78, 5) is 0. The molecule has 1 unspecified atom stereocenters. The number of hydrogen-bond donors (Lipinski definition) is 0. The molecule has 0 aliphatic heterocycles. The van der Waals surface area contributed by atoms with Crippen molar-refractivity contribution in [3.63, 3.8) is 0 Å². The molecular weight excluding hydrogens is 192 g/mol. The summed E-state index contributed by atoms with van der Waals surface area (Å²) in [5.41, 5.74) is 2.95. The van der Waals surface area contributed by atoms with Gasteiger partial charge in [0.25, 0.3) is 0 Å². The maximum Gasteiger partial charge on any atom is -0.0136 e. The van der Waals surface area contributed by atoms with Crippen LogP contribution >= 0.6 is 0 Å². The maximum atomic E-state index is 2.35. The van der Waals surface area contributed by atoms with Crippen molar-refractivity contribution in [1.29, 1.82) is 0 Å². The third-order valence-corrected chi connectivity index (χ3v) is 4.16. The molecule has 0 saturated heterocycles. The summed E-state index contributed by atoms with van der Waals surface area (Å²) >= 11 is 0. The third-order valence-electron chi connectivity index (χ3n) is 4.16. The minimum Gasteiger partial charge on any atom is -0.0648 e. The number of benzene rings is 1. The van der Waals surface area contributed by atoms with Crippen LogP contribution in [-0.4, -0.2) is 0 Å². The Morgan fingerprint density at radius 3 is 2.25 bits per heavy atom. The fourth-order valence-electron chi connectivity index (χ4n) is 3.19. The molecule has 0 N–H and O–H groups in total. The van der Waals surface area contributed by atoms with Gasteiger partial charge in [-0.25, -0.2) is 0 Å². The Morgan fingerprint density at radius 1 is 1.06 bits per heavy atom. The van der Waals surface area contributed by atoms with Gasteiger partial charge in [0.15, 0.2) is 0 Å². The molecule has 1 saturated carbocycles. The Balaban J connectivity index is 2.11. The van der Waals surface area contributed by atoms with E-state index >= 15 is 0 Å². The second kappa shape index (κ2) is 5.52. The minimum absolute atomic E-state index is 0.806. The van der Waals surface area contributed by atoms with Gasteiger partial charge in [-0.3, -0.25) is 0 Å².